The van der Waals surface area contributed by atoms with Crippen molar-refractivity contribution in [2.45, 2.75) is 5.41 Å². The molecule has 12 rings (SSSR count). The Hall–Kier alpha value is -7.63. The predicted molar refractivity (Wildman–Crippen MR) is 228 cm³/mol. The van der Waals surface area contributed by atoms with Crippen LogP contribution in [0.4, 0.5) is 0 Å². The highest BCUT2D eigenvalue weighted by atomic mass is 16.5. The maximum Gasteiger partial charge on any atom is 0.164 e. The summed E-state index contributed by atoms with van der Waals surface area (Å²) >= 11 is 0. The third kappa shape index (κ3) is 4.60. The van der Waals surface area contributed by atoms with Crippen molar-refractivity contribution in [3.8, 4) is 62.5 Å². The third-order valence-corrected chi connectivity index (χ3v) is 11.7. The van der Waals surface area contributed by atoms with Crippen LogP contribution in [0.3, 0.4) is 0 Å². The highest BCUT2D eigenvalue weighted by Crippen LogP contribution is 2.63. The Balaban J connectivity index is 1.17. The highest BCUT2D eigenvalue weighted by molar-refractivity contribution is 6.12. The monoisotopic (exact) mass is 728 g/mol. The lowest BCUT2D eigenvalue weighted by atomic mass is 9.66. The van der Waals surface area contributed by atoms with Crippen LogP contribution in [0, 0.1) is 0 Å². The molecule has 2 aliphatic rings. The minimum atomic E-state index is -0.699. The first-order valence-electron chi connectivity index (χ1n) is 19.3. The molecule has 266 valence electrons. The van der Waals surface area contributed by atoms with Gasteiger partial charge in [-0.2, -0.15) is 0 Å². The molecule has 0 radical (unpaired) electrons. The van der Waals surface area contributed by atoms with Gasteiger partial charge in [-0.05, 0) is 76.9 Å². The van der Waals surface area contributed by atoms with Gasteiger partial charge in [0.25, 0.3) is 0 Å². The third-order valence-electron chi connectivity index (χ3n) is 11.7. The van der Waals surface area contributed by atoms with Gasteiger partial charge in [-0.15, -0.1) is 0 Å². The van der Waals surface area contributed by atoms with E-state index in [0.717, 1.165) is 50.5 Å². The summed E-state index contributed by atoms with van der Waals surface area (Å²) in [4.78, 5) is 15.3. The fourth-order valence-corrected chi connectivity index (χ4v) is 9.29. The molecule has 1 spiro atoms. The maximum atomic E-state index is 6.84. The van der Waals surface area contributed by atoms with Gasteiger partial charge < -0.3 is 9.30 Å². The number of fused-ring (bicyclic) bond motifs is 12. The van der Waals surface area contributed by atoms with Crippen LogP contribution < -0.4 is 4.74 Å². The molecule has 1 aliphatic carbocycles. The molecule has 57 heavy (non-hydrogen) atoms. The first-order valence-corrected chi connectivity index (χ1v) is 19.3. The van der Waals surface area contributed by atoms with E-state index in [1.165, 1.54) is 38.5 Å². The van der Waals surface area contributed by atoms with Crippen molar-refractivity contribution in [1.29, 1.82) is 0 Å². The van der Waals surface area contributed by atoms with E-state index in [2.05, 4.69) is 138 Å². The molecular formula is C52H32N4O. The normalized spacial score (nSPS) is 14.9. The van der Waals surface area contributed by atoms with E-state index in [9.17, 15) is 0 Å². The molecule has 0 fully saturated rings. The van der Waals surface area contributed by atoms with E-state index in [1.807, 2.05) is 60.7 Å². The van der Waals surface area contributed by atoms with Crippen LogP contribution in [0.1, 0.15) is 22.3 Å². The molecule has 0 bridgehead atoms. The highest BCUT2D eigenvalue weighted by Gasteiger charge is 2.51. The van der Waals surface area contributed by atoms with E-state index in [-0.39, 0.29) is 0 Å². The summed E-state index contributed by atoms with van der Waals surface area (Å²) in [6, 6.07) is 68.4. The van der Waals surface area contributed by atoms with Gasteiger partial charge in [-0.25, -0.2) is 15.0 Å². The van der Waals surface area contributed by atoms with Crippen molar-refractivity contribution < 1.29 is 4.74 Å². The van der Waals surface area contributed by atoms with Crippen molar-refractivity contribution >= 4 is 21.8 Å². The van der Waals surface area contributed by atoms with Gasteiger partial charge in [0.05, 0.1) is 16.4 Å². The zero-order chi connectivity index (χ0) is 37.5. The van der Waals surface area contributed by atoms with Gasteiger partial charge in [0.15, 0.2) is 17.5 Å². The SMILES string of the molecule is c1ccc(-c2nc(-c3ccccc3)nc(-c3ccc4c(c3)C3(c5ccccc5O4)c4ccccc4-c4cc5c6ccccc6n(-c6ccccc6)c5cc43)n2)cc1. The second-order valence-corrected chi connectivity index (χ2v) is 14.7. The van der Waals surface area contributed by atoms with Crippen molar-refractivity contribution in [2.24, 2.45) is 0 Å². The largest absolute Gasteiger partial charge is 0.457 e. The molecule has 10 aromatic rings. The van der Waals surface area contributed by atoms with Crippen LogP contribution in [0.5, 0.6) is 11.5 Å². The Morgan fingerprint density at radius 1 is 0.368 bits per heavy atom. The maximum absolute atomic E-state index is 6.84. The van der Waals surface area contributed by atoms with E-state index in [0.29, 0.717) is 17.5 Å². The molecule has 0 saturated carbocycles. The van der Waals surface area contributed by atoms with Crippen molar-refractivity contribution in [3.05, 3.63) is 216 Å². The Morgan fingerprint density at radius 2 is 0.947 bits per heavy atom. The second-order valence-electron chi connectivity index (χ2n) is 14.7. The topological polar surface area (TPSA) is 52.8 Å². The average Bonchev–Trinajstić information content (AvgIpc) is 3.76. The molecule has 0 amide bonds. The summed E-state index contributed by atoms with van der Waals surface area (Å²) in [5.41, 5.74) is 12.6. The number of benzene rings is 8. The van der Waals surface area contributed by atoms with Crippen LogP contribution in [0.2, 0.25) is 0 Å². The van der Waals surface area contributed by atoms with Gasteiger partial charge in [-0.3, -0.25) is 0 Å². The standard InChI is InChI=1S/C52H32N4O/c1-4-16-33(17-5-1)49-53-50(34-18-6-2-7-19-34)55-51(54-49)35-28-29-48-44(30-35)52(42-25-13-15-27-47(42)57-48)41-24-12-10-22-37(41)39-31-40-38-23-11-14-26-45(38)56(46(40)32-43(39)52)36-20-8-3-9-21-36/h1-32H. The van der Waals surface area contributed by atoms with Gasteiger partial charge in [0, 0.05) is 44.3 Å². The lowest BCUT2D eigenvalue weighted by molar-refractivity contribution is 0.436. The Bertz CT molecular complexity index is 3150. The fraction of sp³-hybridized carbons (Fsp3) is 0.0192. The van der Waals surface area contributed by atoms with Crippen LogP contribution in [-0.2, 0) is 5.41 Å². The van der Waals surface area contributed by atoms with E-state index in [4.69, 9.17) is 19.7 Å². The minimum absolute atomic E-state index is 0.602. The lowest BCUT2D eigenvalue weighted by Gasteiger charge is -2.39. The van der Waals surface area contributed by atoms with Gasteiger partial charge in [-0.1, -0.05) is 140 Å². The van der Waals surface area contributed by atoms with E-state index in [1.54, 1.807) is 0 Å². The summed E-state index contributed by atoms with van der Waals surface area (Å²) < 4.78 is 9.25. The second kappa shape index (κ2) is 12.2. The smallest absolute Gasteiger partial charge is 0.164 e. The molecule has 8 aromatic carbocycles. The molecule has 5 nitrogen and oxygen atoms in total. The summed E-state index contributed by atoms with van der Waals surface area (Å²) in [7, 11) is 0. The number of hydrogen-bond donors (Lipinski definition) is 0. The van der Waals surface area contributed by atoms with Crippen molar-refractivity contribution in [1.82, 2.24) is 19.5 Å². The molecule has 1 aliphatic heterocycles. The van der Waals surface area contributed by atoms with Crippen LogP contribution in [0.15, 0.2) is 194 Å². The number of hydrogen-bond acceptors (Lipinski definition) is 4. The number of rotatable bonds is 4. The fourth-order valence-electron chi connectivity index (χ4n) is 9.29. The first kappa shape index (κ1) is 31.7. The molecule has 3 heterocycles. The van der Waals surface area contributed by atoms with Crippen LogP contribution in [-0.4, -0.2) is 19.5 Å². The first-order chi connectivity index (χ1) is 28.3. The molecule has 1 atom stereocenters. The molecule has 0 N–H and O–H groups in total. The summed E-state index contributed by atoms with van der Waals surface area (Å²) in [5.74, 6) is 3.51. The van der Waals surface area contributed by atoms with Crippen molar-refractivity contribution in [2.75, 3.05) is 0 Å². The predicted octanol–water partition coefficient (Wildman–Crippen LogP) is 12.4. The zero-order valence-electron chi connectivity index (χ0n) is 30.7. The number of para-hydroxylation sites is 3. The lowest BCUT2D eigenvalue weighted by Crippen LogP contribution is -2.32. The zero-order valence-corrected chi connectivity index (χ0v) is 30.7. The average molecular weight is 729 g/mol. The summed E-state index contributed by atoms with van der Waals surface area (Å²) in [6.45, 7) is 0. The summed E-state index contributed by atoms with van der Waals surface area (Å²) in [5, 5.41) is 2.45. The van der Waals surface area contributed by atoms with Gasteiger partial charge in [0.2, 0.25) is 0 Å². The van der Waals surface area contributed by atoms with Crippen molar-refractivity contribution in [3.63, 3.8) is 0 Å². The Kier molecular flexibility index (Phi) is 6.78. The molecule has 5 heteroatoms. The quantitative estimate of drug-likeness (QED) is 0.181. The van der Waals surface area contributed by atoms with Gasteiger partial charge >= 0.3 is 0 Å². The molecular weight excluding hydrogens is 697 g/mol. The minimum Gasteiger partial charge on any atom is -0.457 e. The van der Waals surface area contributed by atoms with Crippen LogP contribution in [0.25, 0.3) is 72.8 Å². The summed E-state index contributed by atoms with van der Waals surface area (Å²) in [6.07, 6.45) is 0. The van der Waals surface area contributed by atoms with E-state index >= 15 is 0 Å². The van der Waals surface area contributed by atoms with Gasteiger partial charge in [0.1, 0.15) is 11.5 Å². The molecule has 2 aromatic heterocycles. The Labute approximate surface area is 329 Å². The van der Waals surface area contributed by atoms with E-state index < -0.39 is 5.41 Å². The number of nitrogens with zero attached hydrogens (tertiary/aromatic N) is 4. The van der Waals surface area contributed by atoms with Crippen LogP contribution >= 0.6 is 0 Å². The molecule has 0 saturated heterocycles. The number of ether oxygens (including phenoxy) is 1. The molecule has 1 unspecified atom stereocenters. The number of aromatic nitrogens is 4. The Morgan fingerprint density at radius 3 is 1.68 bits per heavy atom.